The van der Waals surface area contributed by atoms with Crippen molar-refractivity contribution >= 4 is 18.3 Å². The summed E-state index contributed by atoms with van der Waals surface area (Å²) in [6.07, 6.45) is 4.13. The maximum Gasteiger partial charge on any atom is 0.251 e. The highest BCUT2D eigenvalue weighted by atomic mass is 35.5. The Hall–Kier alpha value is -1.20. The molecule has 110 valence electrons. The fourth-order valence-electron chi connectivity index (χ4n) is 3.08. The Morgan fingerprint density at radius 1 is 1.15 bits per heavy atom. The van der Waals surface area contributed by atoms with Gasteiger partial charge >= 0.3 is 0 Å². The van der Waals surface area contributed by atoms with Gasteiger partial charge in [0.05, 0.1) is 0 Å². The number of carbonyl (C=O) groups excluding carboxylic acids is 1. The topological polar surface area (TPSA) is 41.1 Å². The van der Waals surface area contributed by atoms with E-state index in [1.807, 2.05) is 0 Å². The van der Waals surface area contributed by atoms with E-state index in [2.05, 4.69) is 10.6 Å². The average Bonchev–Trinajstić information content (AvgIpc) is 2.72. The molecule has 3 rings (SSSR count). The van der Waals surface area contributed by atoms with Gasteiger partial charge in [-0.2, -0.15) is 0 Å². The number of amides is 1. The SMILES string of the molecule is Cl.O=C(NC1CC2CCC(C1)N2)c1ccc(F)c(F)c1. The molecule has 0 saturated carbocycles. The van der Waals surface area contributed by atoms with E-state index in [-0.39, 0.29) is 29.9 Å². The monoisotopic (exact) mass is 302 g/mol. The van der Waals surface area contributed by atoms with Crippen molar-refractivity contribution in [1.82, 2.24) is 10.6 Å². The van der Waals surface area contributed by atoms with E-state index in [4.69, 9.17) is 0 Å². The van der Waals surface area contributed by atoms with E-state index in [0.29, 0.717) is 12.1 Å². The zero-order valence-corrected chi connectivity index (χ0v) is 11.7. The number of fused-ring (bicyclic) bond motifs is 2. The molecule has 0 aromatic heterocycles. The van der Waals surface area contributed by atoms with E-state index < -0.39 is 11.6 Å². The lowest BCUT2D eigenvalue weighted by molar-refractivity contribution is 0.0923. The third-order valence-electron chi connectivity index (χ3n) is 3.99. The predicted octanol–water partition coefficient (Wildman–Crippen LogP) is 2.40. The number of rotatable bonds is 2. The van der Waals surface area contributed by atoms with E-state index in [0.717, 1.165) is 37.8 Å². The first kappa shape index (κ1) is 15.2. The molecule has 1 aromatic carbocycles. The molecule has 1 amide bonds. The quantitative estimate of drug-likeness (QED) is 0.881. The van der Waals surface area contributed by atoms with Gasteiger partial charge in [0, 0.05) is 23.7 Å². The van der Waals surface area contributed by atoms with Crippen molar-refractivity contribution in [1.29, 1.82) is 0 Å². The average molecular weight is 303 g/mol. The van der Waals surface area contributed by atoms with Crippen molar-refractivity contribution in [3.63, 3.8) is 0 Å². The molecule has 2 aliphatic heterocycles. The summed E-state index contributed by atoms with van der Waals surface area (Å²) in [5.41, 5.74) is 0.171. The van der Waals surface area contributed by atoms with Crippen LogP contribution >= 0.6 is 12.4 Å². The number of halogens is 3. The maximum atomic E-state index is 13.1. The Morgan fingerprint density at radius 2 is 1.80 bits per heavy atom. The van der Waals surface area contributed by atoms with Gasteiger partial charge in [0.1, 0.15) is 0 Å². The Balaban J connectivity index is 0.00000147. The Labute approximate surface area is 122 Å². The predicted molar refractivity (Wildman–Crippen MR) is 74.0 cm³/mol. The van der Waals surface area contributed by atoms with Crippen molar-refractivity contribution in [2.24, 2.45) is 0 Å². The molecule has 3 nitrogen and oxygen atoms in total. The summed E-state index contributed by atoms with van der Waals surface area (Å²) in [5.74, 6) is -2.25. The molecule has 2 aliphatic rings. The summed E-state index contributed by atoms with van der Waals surface area (Å²) in [7, 11) is 0. The van der Waals surface area contributed by atoms with Crippen LogP contribution < -0.4 is 10.6 Å². The lowest BCUT2D eigenvalue weighted by Crippen LogP contribution is -2.48. The Morgan fingerprint density at radius 3 is 2.40 bits per heavy atom. The van der Waals surface area contributed by atoms with Gasteiger partial charge in [-0.1, -0.05) is 0 Å². The maximum absolute atomic E-state index is 13.1. The molecule has 2 unspecified atom stereocenters. The van der Waals surface area contributed by atoms with Gasteiger partial charge in [0.2, 0.25) is 0 Å². The summed E-state index contributed by atoms with van der Waals surface area (Å²) in [4.78, 5) is 12.0. The first-order chi connectivity index (χ1) is 9.11. The van der Waals surface area contributed by atoms with Crippen LogP contribution in [0.2, 0.25) is 0 Å². The second kappa shape index (κ2) is 6.06. The second-order valence-electron chi connectivity index (χ2n) is 5.41. The third-order valence-corrected chi connectivity index (χ3v) is 3.99. The smallest absolute Gasteiger partial charge is 0.251 e. The molecule has 0 radical (unpaired) electrons. The van der Waals surface area contributed by atoms with Gasteiger partial charge in [0.25, 0.3) is 5.91 Å². The van der Waals surface area contributed by atoms with Crippen LogP contribution in [0, 0.1) is 11.6 Å². The van der Waals surface area contributed by atoms with E-state index in [9.17, 15) is 13.6 Å². The number of nitrogens with one attached hydrogen (secondary N) is 2. The molecule has 2 fully saturated rings. The van der Waals surface area contributed by atoms with Crippen LogP contribution in [-0.2, 0) is 0 Å². The highest BCUT2D eigenvalue weighted by molar-refractivity contribution is 5.94. The highest BCUT2D eigenvalue weighted by Crippen LogP contribution is 2.26. The van der Waals surface area contributed by atoms with Crippen molar-refractivity contribution < 1.29 is 13.6 Å². The summed E-state index contributed by atoms with van der Waals surface area (Å²) in [5, 5.41) is 6.40. The zero-order valence-electron chi connectivity index (χ0n) is 10.9. The number of piperidine rings is 1. The Bertz CT molecular complexity index is 500. The minimum Gasteiger partial charge on any atom is -0.349 e. The molecule has 20 heavy (non-hydrogen) atoms. The summed E-state index contributed by atoms with van der Waals surface area (Å²) < 4.78 is 25.9. The first-order valence-electron chi connectivity index (χ1n) is 6.64. The first-order valence-corrected chi connectivity index (χ1v) is 6.64. The van der Waals surface area contributed by atoms with Gasteiger partial charge in [-0.3, -0.25) is 4.79 Å². The van der Waals surface area contributed by atoms with Crippen LogP contribution in [0.3, 0.4) is 0 Å². The molecule has 0 spiro atoms. The van der Waals surface area contributed by atoms with Crippen LogP contribution in [0.25, 0.3) is 0 Å². The van der Waals surface area contributed by atoms with Crippen LogP contribution in [0.5, 0.6) is 0 Å². The molecular weight excluding hydrogens is 286 g/mol. The van der Waals surface area contributed by atoms with E-state index >= 15 is 0 Å². The molecule has 2 bridgehead atoms. The van der Waals surface area contributed by atoms with Crippen molar-refractivity contribution in [2.45, 2.75) is 43.8 Å². The molecular formula is C14H17ClF2N2O. The van der Waals surface area contributed by atoms with Gasteiger partial charge in [-0.05, 0) is 43.9 Å². The number of hydrogen-bond donors (Lipinski definition) is 2. The van der Waals surface area contributed by atoms with E-state index in [1.54, 1.807) is 0 Å². The summed E-state index contributed by atoms with van der Waals surface area (Å²) in [6, 6.07) is 4.32. The van der Waals surface area contributed by atoms with Gasteiger partial charge < -0.3 is 10.6 Å². The molecule has 2 N–H and O–H groups in total. The van der Waals surface area contributed by atoms with Gasteiger partial charge in [-0.15, -0.1) is 12.4 Å². The molecule has 2 atom stereocenters. The zero-order chi connectivity index (χ0) is 13.4. The van der Waals surface area contributed by atoms with Crippen LogP contribution in [0.4, 0.5) is 8.78 Å². The number of hydrogen-bond acceptors (Lipinski definition) is 2. The highest BCUT2D eigenvalue weighted by Gasteiger charge is 2.34. The van der Waals surface area contributed by atoms with E-state index in [1.165, 1.54) is 6.07 Å². The van der Waals surface area contributed by atoms with Crippen LogP contribution in [0.1, 0.15) is 36.0 Å². The molecule has 2 heterocycles. The molecule has 6 heteroatoms. The lowest BCUT2D eigenvalue weighted by atomic mass is 9.99. The second-order valence-corrected chi connectivity index (χ2v) is 5.41. The third kappa shape index (κ3) is 3.10. The van der Waals surface area contributed by atoms with Crippen LogP contribution in [0.15, 0.2) is 18.2 Å². The fraction of sp³-hybridized carbons (Fsp3) is 0.500. The van der Waals surface area contributed by atoms with Crippen molar-refractivity contribution in [3.8, 4) is 0 Å². The largest absolute Gasteiger partial charge is 0.349 e. The lowest BCUT2D eigenvalue weighted by Gasteiger charge is -2.29. The van der Waals surface area contributed by atoms with Crippen molar-refractivity contribution in [2.75, 3.05) is 0 Å². The molecule has 2 saturated heterocycles. The molecule has 0 aliphatic carbocycles. The fourth-order valence-corrected chi connectivity index (χ4v) is 3.08. The number of carbonyl (C=O) groups is 1. The van der Waals surface area contributed by atoms with Gasteiger partial charge in [-0.25, -0.2) is 8.78 Å². The van der Waals surface area contributed by atoms with Gasteiger partial charge in [0.15, 0.2) is 11.6 Å². The molecule has 1 aromatic rings. The number of benzene rings is 1. The standard InChI is InChI=1S/C14H16F2N2O.ClH/c15-12-4-1-8(5-13(12)16)14(19)18-11-6-9-2-3-10(7-11)17-9;/h1,4-5,9-11,17H,2-3,6-7H2,(H,18,19);1H. The minimum atomic E-state index is -0.988. The summed E-state index contributed by atoms with van der Waals surface area (Å²) >= 11 is 0. The van der Waals surface area contributed by atoms with Crippen molar-refractivity contribution in [3.05, 3.63) is 35.4 Å². The normalized spacial score (nSPS) is 27.8. The van der Waals surface area contributed by atoms with Crippen LogP contribution in [-0.4, -0.2) is 24.0 Å². The Kier molecular flexibility index (Phi) is 4.60. The minimum absolute atomic E-state index is 0. The summed E-state index contributed by atoms with van der Waals surface area (Å²) in [6.45, 7) is 0.